The summed E-state index contributed by atoms with van der Waals surface area (Å²) in [6.07, 6.45) is -3.71. The van der Waals surface area contributed by atoms with Gasteiger partial charge < -0.3 is 0 Å². The van der Waals surface area contributed by atoms with E-state index in [4.69, 9.17) is 0 Å². The third-order valence-electron chi connectivity index (χ3n) is 2.43. The summed E-state index contributed by atoms with van der Waals surface area (Å²) in [7, 11) is 0. The highest BCUT2D eigenvalue weighted by Gasteiger charge is 2.42. The smallest absolute Gasteiger partial charge is 0.293 e. The second kappa shape index (κ2) is 4.38. The monoisotopic (exact) mass is 271 g/mol. The maximum Gasteiger partial charge on any atom is 0.455 e. The molecular weight excluding hydrogens is 263 g/mol. The van der Waals surface area contributed by atoms with Gasteiger partial charge in [-0.1, -0.05) is 6.07 Å². The van der Waals surface area contributed by atoms with Gasteiger partial charge in [-0.05, 0) is 19.1 Å². The number of hydrogen-bond donors (Lipinski definition) is 1. The minimum atomic E-state index is -5.09. The van der Waals surface area contributed by atoms with Gasteiger partial charge in [0.1, 0.15) is 5.56 Å². The van der Waals surface area contributed by atoms with Gasteiger partial charge in [0.15, 0.2) is 5.82 Å². The molecule has 2 aromatic rings. The van der Waals surface area contributed by atoms with E-state index in [9.17, 15) is 22.8 Å². The highest BCUT2D eigenvalue weighted by atomic mass is 19.4. The molecule has 1 N–H and O–H groups in total. The second-order valence-corrected chi connectivity index (χ2v) is 3.77. The lowest BCUT2D eigenvalue weighted by Gasteiger charge is -2.02. The van der Waals surface area contributed by atoms with Gasteiger partial charge in [0.05, 0.1) is 0 Å². The van der Waals surface area contributed by atoms with Crippen LogP contribution in [0.4, 0.5) is 13.2 Å². The van der Waals surface area contributed by atoms with Crippen molar-refractivity contribution in [3.63, 3.8) is 0 Å². The van der Waals surface area contributed by atoms with Crippen LogP contribution in [-0.4, -0.2) is 26.7 Å². The lowest BCUT2D eigenvalue weighted by atomic mass is 10.1. The molecule has 0 spiro atoms. The number of hydrogen-bond acceptors (Lipinski definition) is 3. The maximum atomic E-state index is 12.4. The molecule has 0 radical (unpaired) electrons. The Morgan fingerprint density at radius 2 is 2.05 bits per heavy atom. The summed E-state index contributed by atoms with van der Waals surface area (Å²) in [5.41, 5.74) is -2.14. The van der Waals surface area contributed by atoms with E-state index in [-0.39, 0.29) is 11.5 Å². The van der Waals surface area contributed by atoms with E-state index >= 15 is 0 Å². The van der Waals surface area contributed by atoms with Crippen molar-refractivity contribution in [1.29, 1.82) is 0 Å². The van der Waals surface area contributed by atoms with E-state index in [0.717, 1.165) is 4.68 Å². The Bertz CT molecular complexity index is 671. The van der Waals surface area contributed by atoms with Crippen LogP contribution in [0, 0.1) is 6.92 Å². The van der Waals surface area contributed by atoms with Crippen molar-refractivity contribution in [3.8, 4) is 5.82 Å². The predicted molar refractivity (Wildman–Crippen MR) is 59.3 cm³/mol. The zero-order chi connectivity index (χ0) is 14.2. The number of H-pyrrole nitrogens is 1. The molecule has 0 aromatic carbocycles. The molecule has 8 heteroatoms. The van der Waals surface area contributed by atoms with Crippen LogP contribution in [0.5, 0.6) is 0 Å². The third-order valence-corrected chi connectivity index (χ3v) is 2.43. The number of aromatic amines is 1. The maximum absolute atomic E-state index is 12.4. The fourth-order valence-electron chi connectivity index (χ4n) is 1.60. The van der Waals surface area contributed by atoms with Gasteiger partial charge in [0.25, 0.3) is 11.3 Å². The summed E-state index contributed by atoms with van der Waals surface area (Å²) in [5, 5.41) is 2.40. The Kier molecular flexibility index (Phi) is 3.01. The van der Waals surface area contributed by atoms with Crippen LogP contribution in [0.1, 0.15) is 16.1 Å². The van der Waals surface area contributed by atoms with Crippen LogP contribution >= 0.6 is 0 Å². The highest BCUT2D eigenvalue weighted by molar-refractivity contribution is 6.00. The molecule has 19 heavy (non-hydrogen) atoms. The van der Waals surface area contributed by atoms with Crippen molar-refractivity contribution < 1.29 is 18.0 Å². The first-order valence-corrected chi connectivity index (χ1v) is 5.17. The van der Waals surface area contributed by atoms with Gasteiger partial charge in [-0.15, -0.1) is 0 Å². The standard InChI is InChI=1S/C11H8F3N3O2/c1-6-8(9(18)11(12,13)14)10(19)17(16-6)7-4-2-3-5-15-7/h2-5,16H,1H3. The second-order valence-electron chi connectivity index (χ2n) is 3.77. The minimum absolute atomic E-state index is 0.108. The molecule has 2 heterocycles. The molecule has 0 bridgehead atoms. The topological polar surface area (TPSA) is 67.8 Å². The van der Waals surface area contributed by atoms with Gasteiger partial charge in [-0.3, -0.25) is 14.7 Å². The number of alkyl halides is 3. The first-order chi connectivity index (χ1) is 8.82. The Balaban J connectivity index is 2.60. The van der Waals surface area contributed by atoms with Gasteiger partial charge in [-0.2, -0.15) is 13.2 Å². The molecule has 0 atom stereocenters. The number of carbonyl (C=O) groups is 1. The number of Topliss-reactive ketones (excluding diaryl/α,β-unsaturated/α-hetero) is 1. The van der Waals surface area contributed by atoms with E-state index in [1.807, 2.05) is 0 Å². The molecule has 0 amide bonds. The molecular formula is C11H8F3N3O2. The fourth-order valence-corrected chi connectivity index (χ4v) is 1.60. The van der Waals surface area contributed by atoms with Gasteiger partial charge in [-0.25, -0.2) is 9.67 Å². The van der Waals surface area contributed by atoms with Crippen molar-refractivity contribution in [2.24, 2.45) is 0 Å². The summed E-state index contributed by atoms with van der Waals surface area (Å²) in [6.45, 7) is 1.22. The third kappa shape index (κ3) is 2.28. The summed E-state index contributed by atoms with van der Waals surface area (Å²) >= 11 is 0. The quantitative estimate of drug-likeness (QED) is 0.844. The highest BCUT2D eigenvalue weighted by Crippen LogP contribution is 2.21. The van der Waals surface area contributed by atoms with Crippen LogP contribution in [0.3, 0.4) is 0 Å². The van der Waals surface area contributed by atoms with Crippen molar-refractivity contribution in [3.05, 3.63) is 46.0 Å². The average molecular weight is 271 g/mol. The molecule has 0 aliphatic heterocycles. The Morgan fingerprint density at radius 3 is 2.58 bits per heavy atom. The minimum Gasteiger partial charge on any atom is -0.293 e. The van der Waals surface area contributed by atoms with Crippen LogP contribution in [0.2, 0.25) is 0 Å². The van der Waals surface area contributed by atoms with E-state index in [1.165, 1.54) is 19.2 Å². The van der Waals surface area contributed by atoms with E-state index < -0.39 is 23.1 Å². The number of nitrogens with zero attached hydrogens (tertiary/aromatic N) is 2. The van der Waals surface area contributed by atoms with Crippen molar-refractivity contribution in [2.75, 3.05) is 0 Å². The molecule has 2 aromatic heterocycles. The summed E-state index contributed by atoms with van der Waals surface area (Å²) < 4.78 is 37.9. The summed E-state index contributed by atoms with van der Waals surface area (Å²) in [6, 6.07) is 4.58. The Morgan fingerprint density at radius 1 is 1.37 bits per heavy atom. The largest absolute Gasteiger partial charge is 0.455 e. The molecule has 5 nitrogen and oxygen atoms in total. The van der Waals surface area contributed by atoms with Crippen molar-refractivity contribution >= 4 is 5.78 Å². The molecule has 0 aliphatic rings. The number of carbonyl (C=O) groups excluding carboxylic acids is 1. The van der Waals surface area contributed by atoms with Crippen molar-refractivity contribution in [2.45, 2.75) is 13.1 Å². The first kappa shape index (κ1) is 13.1. The molecule has 0 saturated carbocycles. The lowest BCUT2D eigenvalue weighted by molar-refractivity contribution is -0.0886. The van der Waals surface area contributed by atoms with E-state index in [1.54, 1.807) is 12.1 Å². The van der Waals surface area contributed by atoms with Crippen LogP contribution in [0.25, 0.3) is 5.82 Å². The van der Waals surface area contributed by atoms with Crippen LogP contribution in [-0.2, 0) is 0 Å². The summed E-state index contributed by atoms with van der Waals surface area (Å²) in [4.78, 5) is 26.8. The zero-order valence-electron chi connectivity index (χ0n) is 9.65. The molecule has 100 valence electrons. The van der Waals surface area contributed by atoms with E-state index in [0.29, 0.717) is 0 Å². The number of halogens is 3. The normalized spacial score (nSPS) is 11.6. The van der Waals surface area contributed by atoms with Gasteiger partial charge in [0, 0.05) is 11.9 Å². The lowest BCUT2D eigenvalue weighted by Crippen LogP contribution is -2.29. The Labute approximate surface area is 104 Å². The number of ketones is 1. The van der Waals surface area contributed by atoms with Crippen LogP contribution in [0.15, 0.2) is 29.2 Å². The number of pyridine rings is 1. The van der Waals surface area contributed by atoms with Gasteiger partial charge >= 0.3 is 6.18 Å². The number of rotatable bonds is 2. The van der Waals surface area contributed by atoms with E-state index in [2.05, 4.69) is 10.1 Å². The van der Waals surface area contributed by atoms with Crippen LogP contribution < -0.4 is 5.56 Å². The van der Waals surface area contributed by atoms with Crippen molar-refractivity contribution in [1.82, 2.24) is 14.8 Å². The number of aromatic nitrogens is 3. The van der Waals surface area contributed by atoms with Gasteiger partial charge in [0.2, 0.25) is 0 Å². The first-order valence-electron chi connectivity index (χ1n) is 5.17. The average Bonchev–Trinajstić information content (AvgIpc) is 2.64. The zero-order valence-corrected chi connectivity index (χ0v) is 9.65. The number of aryl methyl sites for hydroxylation is 1. The number of nitrogens with one attached hydrogen (secondary N) is 1. The predicted octanol–water partition coefficient (Wildman–Crippen LogP) is 1.61. The molecule has 2 rings (SSSR count). The molecule has 0 fully saturated rings. The molecule has 0 aliphatic carbocycles. The molecule has 0 saturated heterocycles. The SMILES string of the molecule is Cc1[nH]n(-c2ccccn2)c(=O)c1C(=O)C(F)(F)F. The summed E-state index contributed by atoms with van der Waals surface area (Å²) in [5.74, 6) is -2.06. The Hall–Kier alpha value is -2.38. The molecule has 0 unspecified atom stereocenters. The fraction of sp³-hybridized carbons (Fsp3) is 0.182.